The van der Waals surface area contributed by atoms with E-state index in [1.54, 1.807) is 25.1 Å². The van der Waals surface area contributed by atoms with Crippen molar-refractivity contribution in [1.29, 1.82) is 0 Å². The number of nitrogens with one attached hydrogen (secondary N) is 1. The van der Waals surface area contributed by atoms with Crippen LogP contribution < -0.4 is 5.32 Å². The molecule has 0 saturated carbocycles. The van der Waals surface area contributed by atoms with Crippen LogP contribution in [0, 0.1) is 6.92 Å². The van der Waals surface area contributed by atoms with Crippen molar-refractivity contribution in [3.63, 3.8) is 0 Å². The fourth-order valence-corrected chi connectivity index (χ4v) is 6.86. The van der Waals surface area contributed by atoms with Gasteiger partial charge in [0.05, 0.1) is 23.1 Å². The summed E-state index contributed by atoms with van der Waals surface area (Å²) in [5.41, 5.74) is 2.70. The Morgan fingerprint density at radius 3 is 2.42 bits per heavy atom. The van der Waals surface area contributed by atoms with Gasteiger partial charge in [-0.1, -0.05) is 47.5 Å². The van der Waals surface area contributed by atoms with Crippen molar-refractivity contribution < 1.29 is 22.7 Å². The second-order valence-electron chi connectivity index (χ2n) is 9.93. The Labute approximate surface area is 241 Å². The number of halogens is 1. The maximum absolute atomic E-state index is 13.4. The fourth-order valence-electron chi connectivity index (χ4n) is 5.13. The number of hydrogen-bond donors (Lipinski definition) is 1. The Morgan fingerprint density at radius 1 is 1.15 bits per heavy atom. The van der Waals surface area contributed by atoms with E-state index in [1.807, 2.05) is 38.1 Å². The topological polar surface area (TPSA) is 99.3 Å². The van der Waals surface area contributed by atoms with E-state index in [1.165, 1.54) is 21.3 Å². The normalized spacial score (nSPS) is 20.8. The second kappa shape index (κ2) is 12.6. The Bertz CT molecular complexity index is 1390. The van der Waals surface area contributed by atoms with Crippen LogP contribution in [-0.2, 0) is 19.6 Å². The molecular weight excluding hydrogens is 552 g/mol. The van der Waals surface area contributed by atoms with Gasteiger partial charge in [0.15, 0.2) is 0 Å². The number of hydrogen-bond acceptors (Lipinski definition) is 6. The van der Waals surface area contributed by atoms with Gasteiger partial charge < -0.3 is 10.1 Å². The van der Waals surface area contributed by atoms with Crippen LogP contribution in [0.15, 0.2) is 77.4 Å². The van der Waals surface area contributed by atoms with Crippen molar-refractivity contribution in [2.24, 2.45) is 0 Å². The molecule has 9 nitrogen and oxygen atoms in total. The number of aryl methyl sites for hydroxylation is 1. The van der Waals surface area contributed by atoms with Gasteiger partial charge in [-0.15, -0.1) is 6.58 Å². The summed E-state index contributed by atoms with van der Waals surface area (Å²) in [7, 11) is -3.72. The van der Waals surface area contributed by atoms with E-state index >= 15 is 0 Å². The molecule has 2 aromatic rings. The van der Waals surface area contributed by atoms with Crippen LogP contribution in [0.1, 0.15) is 31.0 Å². The smallest absolute Gasteiger partial charge is 0.338 e. The summed E-state index contributed by atoms with van der Waals surface area (Å²) < 4.78 is 33.6. The van der Waals surface area contributed by atoms with Gasteiger partial charge in [-0.2, -0.15) is 4.31 Å². The van der Waals surface area contributed by atoms with Gasteiger partial charge in [0.25, 0.3) is 0 Å². The van der Waals surface area contributed by atoms with E-state index in [4.69, 9.17) is 16.3 Å². The molecular formula is C29H35ClN4O5S. The summed E-state index contributed by atoms with van der Waals surface area (Å²) in [6, 6.07) is 12.4. The quantitative estimate of drug-likeness (QED) is 0.351. The monoisotopic (exact) mass is 586 g/mol. The lowest BCUT2D eigenvalue weighted by atomic mass is 9.93. The molecule has 2 aliphatic rings. The van der Waals surface area contributed by atoms with Gasteiger partial charge >= 0.3 is 12.0 Å². The van der Waals surface area contributed by atoms with Crippen LogP contribution >= 0.6 is 11.6 Å². The fraction of sp³-hybridized carbons (Fsp3) is 0.379. The number of nitrogens with zero attached hydrogens (tertiary/aromatic N) is 3. The van der Waals surface area contributed by atoms with Crippen LogP contribution in [0.3, 0.4) is 0 Å². The third-order valence-electron chi connectivity index (χ3n) is 7.10. The number of benzene rings is 2. The summed E-state index contributed by atoms with van der Waals surface area (Å²) in [6.07, 6.45) is 1.60. The van der Waals surface area contributed by atoms with Crippen molar-refractivity contribution in [3.05, 3.63) is 88.6 Å². The summed E-state index contributed by atoms with van der Waals surface area (Å²) in [6.45, 7) is 11.1. The molecule has 2 heterocycles. The van der Waals surface area contributed by atoms with Gasteiger partial charge in [0.1, 0.15) is 0 Å². The highest BCUT2D eigenvalue weighted by molar-refractivity contribution is 7.89. The highest BCUT2D eigenvalue weighted by Crippen LogP contribution is 2.33. The molecule has 0 aromatic heterocycles. The van der Waals surface area contributed by atoms with Crippen LogP contribution in [-0.4, -0.2) is 79.9 Å². The first-order valence-electron chi connectivity index (χ1n) is 13.2. The largest absolute Gasteiger partial charge is 0.463 e. The molecule has 2 atom stereocenters. The van der Waals surface area contributed by atoms with Gasteiger partial charge in [-0.3, -0.25) is 9.80 Å². The molecule has 2 aromatic carbocycles. The Balaban J connectivity index is 1.66. The van der Waals surface area contributed by atoms with Gasteiger partial charge in [-0.05, 0) is 50.6 Å². The zero-order valence-corrected chi connectivity index (χ0v) is 24.5. The molecule has 1 fully saturated rings. The number of piperazine rings is 1. The van der Waals surface area contributed by atoms with Crippen molar-refractivity contribution >= 4 is 33.6 Å². The minimum Gasteiger partial charge on any atom is -0.463 e. The summed E-state index contributed by atoms with van der Waals surface area (Å²) in [5.74, 6) is -0.505. The van der Waals surface area contributed by atoms with Gasteiger partial charge in [0.2, 0.25) is 10.0 Å². The SMILES string of the molecule is C=CCN1C(=O)NC(c2ccc(C)cc2)C(C(=O)OCC)=C1CN1CCN(S(=O)(=O)c2ccc(Cl)cc2)C(C)C1. The molecule has 0 aliphatic carbocycles. The molecule has 214 valence electrons. The first-order valence-corrected chi connectivity index (χ1v) is 15.0. The predicted octanol–water partition coefficient (Wildman–Crippen LogP) is 4.11. The van der Waals surface area contributed by atoms with Crippen molar-refractivity contribution in [2.45, 2.75) is 37.8 Å². The lowest BCUT2D eigenvalue weighted by molar-refractivity contribution is -0.139. The number of rotatable bonds is 9. The number of esters is 1. The van der Waals surface area contributed by atoms with E-state index in [0.29, 0.717) is 29.4 Å². The number of carbonyl (C=O) groups excluding carboxylic acids is 2. The highest BCUT2D eigenvalue weighted by atomic mass is 35.5. The molecule has 2 unspecified atom stereocenters. The van der Waals surface area contributed by atoms with Gasteiger partial charge in [-0.25, -0.2) is 18.0 Å². The number of amides is 2. The van der Waals surface area contributed by atoms with Crippen molar-refractivity contribution in [3.8, 4) is 0 Å². The maximum atomic E-state index is 13.4. The molecule has 40 heavy (non-hydrogen) atoms. The van der Waals surface area contributed by atoms with E-state index in [0.717, 1.165) is 11.1 Å². The van der Waals surface area contributed by atoms with Crippen LogP contribution in [0.2, 0.25) is 5.02 Å². The average Bonchev–Trinajstić information content (AvgIpc) is 2.91. The minimum absolute atomic E-state index is 0.184. The van der Waals surface area contributed by atoms with Crippen molar-refractivity contribution in [2.75, 3.05) is 39.3 Å². The zero-order valence-electron chi connectivity index (χ0n) is 23.0. The maximum Gasteiger partial charge on any atom is 0.338 e. The van der Waals surface area contributed by atoms with Crippen molar-refractivity contribution in [1.82, 2.24) is 19.4 Å². The van der Waals surface area contributed by atoms with Crippen LogP contribution in [0.5, 0.6) is 0 Å². The molecule has 4 rings (SSSR count). The Morgan fingerprint density at radius 2 is 1.82 bits per heavy atom. The summed E-state index contributed by atoms with van der Waals surface area (Å²) >= 11 is 5.95. The molecule has 0 bridgehead atoms. The average molecular weight is 587 g/mol. The van der Waals surface area contributed by atoms with E-state index in [-0.39, 0.29) is 43.2 Å². The van der Waals surface area contributed by atoms with E-state index in [2.05, 4.69) is 16.8 Å². The Hall–Kier alpha value is -3.18. The van der Waals surface area contributed by atoms with Crippen LogP contribution in [0.25, 0.3) is 0 Å². The van der Waals surface area contributed by atoms with E-state index in [9.17, 15) is 18.0 Å². The molecule has 11 heteroatoms. The first kappa shape index (κ1) is 29.8. The standard InChI is InChI=1S/C29H35ClN4O5S/c1-5-15-33-25(26(28(35)39-6-2)27(31-29(33)36)22-9-7-20(3)8-10-22)19-32-16-17-34(21(4)18-32)40(37,38)24-13-11-23(30)12-14-24/h5,7-14,21,27H,1,6,15-19H2,2-4H3,(H,31,36). The van der Waals surface area contributed by atoms with E-state index < -0.39 is 22.0 Å². The first-order chi connectivity index (χ1) is 19.1. The second-order valence-corrected chi connectivity index (χ2v) is 12.3. The molecule has 1 saturated heterocycles. The number of carbonyl (C=O) groups is 2. The summed E-state index contributed by atoms with van der Waals surface area (Å²) in [4.78, 5) is 30.4. The third kappa shape index (κ3) is 6.25. The number of urea groups is 1. The molecule has 0 spiro atoms. The highest BCUT2D eigenvalue weighted by Gasteiger charge is 2.40. The lowest BCUT2D eigenvalue weighted by Crippen LogP contribution is -2.56. The number of sulfonamides is 1. The lowest BCUT2D eigenvalue weighted by Gasteiger charge is -2.42. The Kier molecular flexibility index (Phi) is 9.35. The van der Waals surface area contributed by atoms with Crippen LogP contribution in [0.4, 0.5) is 4.79 Å². The number of ether oxygens (including phenoxy) is 1. The molecule has 2 amide bonds. The minimum atomic E-state index is -3.72. The van der Waals surface area contributed by atoms with Gasteiger partial charge in [0, 0.05) is 49.5 Å². The third-order valence-corrected chi connectivity index (χ3v) is 9.38. The molecule has 1 N–H and O–H groups in total. The molecule has 2 aliphatic heterocycles. The zero-order chi connectivity index (χ0) is 29.0. The predicted molar refractivity (Wildman–Crippen MR) is 154 cm³/mol. The molecule has 0 radical (unpaired) electrons. The summed E-state index contributed by atoms with van der Waals surface area (Å²) in [5, 5.41) is 3.43.